The van der Waals surface area contributed by atoms with E-state index in [1.807, 2.05) is 26.0 Å². The summed E-state index contributed by atoms with van der Waals surface area (Å²) in [6.07, 6.45) is 0.184. The maximum absolute atomic E-state index is 6.74. The van der Waals surface area contributed by atoms with E-state index in [1.165, 1.54) is 0 Å². The molecule has 0 fully saturated rings. The Morgan fingerprint density at radius 2 is 1.83 bits per heavy atom. The molecule has 0 aliphatic carbocycles. The minimum atomic E-state index is 0.184. The van der Waals surface area contributed by atoms with Gasteiger partial charge in [0.15, 0.2) is 5.69 Å². The monoisotopic (exact) mass is 161 g/mol. The van der Waals surface area contributed by atoms with Crippen LogP contribution in [0.3, 0.4) is 0 Å². The number of nitrogens with zero attached hydrogens (tertiary/aromatic N) is 1. The van der Waals surface area contributed by atoms with E-state index in [-0.39, 0.29) is 6.10 Å². The van der Waals surface area contributed by atoms with Crippen molar-refractivity contribution in [1.29, 1.82) is 0 Å². The van der Waals surface area contributed by atoms with Crippen molar-refractivity contribution in [2.24, 2.45) is 0 Å². The predicted molar refractivity (Wildman–Crippen MR) is 48.5 cm³/mol. The zero-order valence-corrected chi connectivity index (χ0v) is 7.24. The number of hydrogen-bond donors (Lipinski definition) is 0. The Balaban J connectivity index is 2.73. The first-order valence-electron chi connectivity index (χ1n) is 3.86. The number of rotatable bonds is 2. The maximum Gasteiger partial charge on any atom is 0.187 e. The molecule has 2 nitrogen and oxygen atoms in total. The molecule has 0 aromatic heterocycles. The molecule has 0 spiro atoms. The molecule has 0 radical (unpaired) electrons. The van der Waals surface area contributed by atoms with Gasteiger partial charge in [0.2, 0.25) is 0 Å². The summed E-state index contributed by atoms with van der Waals surface area (Å²) >= 11 is 0. The smallest absolute Gasteiger partial charge is 0.187 e. The Kier molecular flexibility index (Phi) is 2.71. The van der Waals surface area contributed by atoms with E-state index < -0.39 is 0 Å². The van der Waals surface area contributed by atoms with Crippen LogP contribution in [-0.4, -0.2) is 6.10 Å². The van der Waals surface area contributed by atoms with Gasteiger partial charge in [0, 0.05) is 0 Å². The minimum absolute atomic E-state index is 0.184. The van der Waals surface area contributed by atoms with E-state index in [0.29, 0.717) is 5.69 Å². The molecule has 1 rings (SSSR count). The quantitative estimate of drug-likeness (QED) is 0.608. The lowest BCUT2D eigenvalue weighted by atomic mass is 10.3. The SMILES string of the molecule is [C-]#[N+]c1ccc(OC(C)C)cc1. The van der Waals surface area contributed by atoms with Crippen LogP contribution in [0.1, 0.15) is 13.8 Å². The lowest BCUT2D eigenvalue weighted by molar-refractivity contribution is 0.242. The summed E-state index contributed by atoms with van der Waals surface area (Å²) in [5.41, 5.74) is 0.645. The van der Waals surface area contributed by atoms with Gasteiger partial charge in [-0.1, -0.05) is 12.1 Å². The number of benzene rings is 1. The molecule has 0 atom stereocenters. The molecule has 12 heavy (non-hydrogen) atoms. The summed E-state index contributed by atoms with van der Waals surface area (Å²) in [7, 11) is 0. The van der Waals surface area contributed by atoms with Gasteiger partial charge < -0.3 is 4.74 Å². The van der Waals surface area contributed by atoms with Gasteiger partial charge in [-0.15, -0.1) is 0 Å². The Bertz CT molecular complexity index is 282. The van der Waals surface area contributed by atoms with Gasteiger partial charge in [-0.3, -0.25) is 0 Å². The average Bonchev–Trinajstić information content (AvgIpc) is 2.05. The van der Waals surface area contributed by atoms with Gasteiger partial charge in [0.1, 0.15) is 5.75 Å². The standard InChI is InChI=1S/C10H11NO/c1-8(2)12-10-6-4-9(11-3)5-7-10/h4-8H,1-2H3. The highest BCUT2D eigenvalue weighted by atomic mass is 16.5. The third-order valence-corrected chi connectivity index (χ3v) is 1.34. The highest BCUT2D eigenvalue weighted by Crippen LogP contribution is 2.18. The lowest BCUT2D eigenvalue weighted by Crippen LogP contribution is -2.04. The van der Waals surface area contributed by atoms with Crippen LogP contribution in [0, 0.1) is 6.57 Å². The Hall–Kier alpha value is -1.49. The summed E-state index contributed by atoms with van der Waals surface area (Å²) in [4.78, 5) is 3.29. The van der Waals surface area contributed by atoms with Gasteiger partial charge >= 0.3 is 0 Å². The summed E-state index contributed by atoms with van der Waals surface area (Å²) in [5.74, 6) is 0.817. The van der Waals surface area contributed by atoms with Crippen LogP contribution >= 0.6 is 0 Å². The van der Waals surface area contributed by atoms with E-state index in [9.17, 15) is 0 Å². The molecule has 1 aromatic carbocycles. The zero-order chi connectivity index (χ0) is 8.97. The summed E-state index contributed by atoms with van der Waals surface area (Å²) in [6.45, 7) is 10.7. The molecule has 0 amide bonds. The highest BCUT2D eigenvalue weighted by Gasteiger charge is 1.96. The molecule has 62 valence electrons. The third-order valence-electron chi connectivity index (χ3n) is 1.34. The second-order valence-corrected chi connectivity index (χ2v) is 2.77. The first kappa shape index (κ1) is 8.61. The number of ether oxygens (including phenoxy) is 1. The van der Waals surface area contributed by atoms with Crippen LogP contribution in [0.15, 0.2) is 24.3 Å². The molecule has 2 heteroatoms. The Labute approximate surface area is 72.6 Å². The highest BCUT2D eigenvalue weighted by molar-refractivity contribution is 5.46. The second kappa shape index (κ2) is 3.77. The van der Waals surface area contributed by atoms with Crippen molar-refractivity contribution in [3.05, 3.63) is 35.7 Å². The molecule has 0 saturated heterocycles. The van der Waals surface area contributed by atoms with Gasteiger partial charge in [-0.2, -0.15) is 0 Å². The summed E-state index contributed by atoms with van der Waals surface area (Å²) in [5, 5.41) is 0. The topological polar surface area (TPSA) is 13.6 Å². The van der Waals surface area contributed by atoms with Crippen LogP contribution < -0.4 is 4.74 Å². The van der Waals surface area contributed by atoms with Crippen molar-refractivity contribution in [3.8, 4) is 5.75 Å². The summed E-state index contributed by atoms with van der Waals surface area (Å²) < 4.78 is 5.41. The van der Waals surface area contributed by atoms with Crippen molar-refractivity contribution < 1.29 is 4.74 Å². The predicted octanol–water partition coefficient (Wildman–Crippen LogP) is 3.02. The molecule has 0 unspecified atom stereocenters. The molecular weight excluding hydrogens is 150 g/mol. The molecule has 0 aliphatic heterocycles. The van der Waals surface area contributed by atoms with Crippen molar-refractivity contribution in [2.45, 2.75) is 20.0 Å². The van der Waals surface area contributed by atoms with E-state index >= 15 is 0 Å². The van der Waals surface area contributed by atoms with E-state index in [2.05, 4.69) is 4.85 Å². The van der Waals surface area contributed by atoms with Gasteiger partial charge in [0.05, 0.1) is 12.7 Å². The maximum atomic E-state index is 6.74. The molecule has 0 aliphatic rings. The van der Waals surface area contributed by atoms with Crippen molar-refractivity contribution >= 4 is 5.69 Å². The molecule has 1 aromatic rings. The Morgan fingerprint density at radius 1 is 1.25 bits per heavy atom. The van der Waals surface area contributed by atoms with Crippen LogP contribution in [0.5, 0.6) is 5.75 Å². The van der Waals surface area contributed by atoms with E-state index in [0.717, 1.165) is 5.75 Å². The Morgan fingerprint density at radius 3 is 2.25 bits per heavy atom. The molecule has 0 saturated carbocycles. The summed E-state index contributed by atoms with van der Waals surface area (Å²) in [6, 6.07) is 7.14. The minimum Gasteiger partial charge on any atom is -0.491 e. The van der Waals surface area contributed by atoms with Crippen LogP contribution in [0.2, 0.25) is 0 Å². The van der Waals surface area contributed by atoms with Gasteiger partial charge in [0.25, 0.3) is 0 Å². The average molecular weight is 161 g/mol. The van der Waals surface area contributed by atoms with E-state index in [4.69, 9.17) is 11.3 Å². The largest absolute Gasteiger partial charge is 0.491 e. The van der Waals surface area contributed by atoms with E-state index in [1.54, 1.807) is 12.1 Å². The molecule has 0 bridgehead atoms. The van der Waals surface area contributed by atoms with Crippen molar-refractivity contribution in [3.63, 3.8) is 0 Å². The third kappa shape index (κ3) is 2.28. The fraction of sp³-hybridized carbons (Fsp3) is 0.300. The van der Waals surface area contributed by atoms with Crippen molar-refractivity contribution in [1.82, 2.24) is 0 Å². The van der Waals surface area contributed by atoms with Crippen LogP contribution in [-0.2, 0) is 0 Å². The second-order valence-electron chi connectivity index (χ2n) is 2.77. The first-order valence-corrected chi connectivity index (χ1v) is 3.86. The van der Waals surface area contributed by atoms with Crippen LogP contribution in [0.4, 0.5) is 5.69 Å². The molecule has 0 heterocycles. The molecule has 0 N–H and O–H groups in total. The lowest BCUT2D eigenvalue weighted by Gasteiger charge is -2.08. The zero-order valence-electron chi connectivity index (χ0n) is 7.24. The molecular formula is C10H11NO. The fourth-order valence-corrected chi connectivity index (χ4v) is 0.871. The first-order chi connectivity index (χ1) is 5.72. The van der Waals surface area contributed by atoms with Crippen LogP contribution in [0.25, 0.3) is 4.85 Å². The fourth-order valence-electron chi connectivity index (χ4n) is 0.871. The normalized spacial score (nSPS) is 9.50. The van der Waals surface area contributed by atoms with Crippen molar-refractivity contribution in [2.75, 3.05) is 0 Å². The number of hydrogen-bond acceptors (Lipinski definition) is 1. The van der Waals surface area contributed by atoms with Gasteiger partial charge in [-0.25, -0.2) is 4.85 Å². The van der Waals surface area contributed by atoms with Gasteiger partial charge in [-0.05, 0) is 26.0 Å².